The molecule has 0 bridgehead atoms. The van der Waals surface area contributed by atoms with Gasteiger partial charge in [-0.15, -0.1) is 0 Å². The number of nitrogens with zero attached hydrogens (tertiary/aromatic N) is 2. The number of carbonyl (C=O) groups is 1. The van der Waals surface area contributed by atoms with Crippen molar-refractivity contribution in [3.8, 4) is 0 Å². The van der Waals surface area contributed by atoms with E-state index in [-0.39, 0.29) is 0 Å². The lowest BCUT2D eigenvalue weighted by molar-refractivity contribution is 0.218. The zero-order valence-electron chi connectivity index (χ0n) is 8.95. The quantitative estimate of drug-likeness (QED) is 0.842. The summed E-state index contributed by atoms with van der Waals surface area (Å²) < 4.78 is 6.59. The number of hydrogen-bond acceptors (Lipinski definition) is 4. The second-order valence-electron chi connectivity index (χ2n) is 3.36. The molecule has 2 rings (SSSR count). The lowest BCUT2D eigenvalue weighted by atomic mass is 10.2. The van der Waals surface area contributed by atoms with Gasteiger partial charge in [-0.3, -0.25) is 0 Å². The summed E-state index contributed by atoms with van der Waals surface area (Å²) in [6, 6.07) is 7.68. The first-order chi connectivity index (χ1) is 8.24. The van der Waals surface area contributed by atoms with Gasteiger partial charge < -0.3 is 14.5 Å². The molecule has 5 nitrogen and oxygen atoms in total. The number of carbonyl (C=O) groups excluding carboxylic acids is 1. The molecular formula is C11H11N3O2S. The smallest absolute Gasteiger partial charge is 0.370 e. The fourth-order valence-electron chi connectivity index (χ4n) is 1.33. The molecule has 17 heavy (non-hydrogen) atoms. The summed E-state index contributed by atoms with van der Waals surface area (Å²) in [5, 5.41) is 0. The van der Waals surface area contributed by atoms with Crippen molar-refractivity contribution >= 4 is 18.1 Å². The van der Waals surface area contributed by atoms with Crippen molar-refractivity contribution in [2.24, 2.45) is 5.73 Å². The van der Waals surface area contributed by atoms with Gasteiger partial charge >= 0.3 is 6.09 Å². The van der Waals surface area contributed by atoms with Crippen molar-refractivity contribution in [3.63, 3.8) is 0 Å². The predicted molar refractivity (Wildman–Crippen MR) is 64.3 cm³/mol. The van der Waals surface area contributed by atoms with Crippen molar-refractivity contribution in [1.29, 1.82) is 0 Å². The molecule has 2 aromatic rings. The number of benzene rings is 1. The molecule has 0 unspecified atom stereocenters. The Balaban J connectivity index is 1.95. The maximum atomic E-state index is 10.4. The van der Waals surface area contributed by atoms with Crippen LogP contribution in [0.15, 0.2) is 47.9 Å². The zero-order valence-corrected chi connectivity index (χ0v) is 9.76. The summed E-state index contributed by atoms with van der Waals surface area (Å²) in [5.41, 5.74) is 6.01. The van der Waals surface area contributed by atoms with Crippen molar-refractivity contribution in [1.82, 2.24) is 9.55 Å². The molecule has 1 aromatic heterocycles. The molecule has 0 aliphatic heterocycles. The van der Waals surface area contributed by atoms with Crippen LogP contribution in [0.5, 0.6) is 0 Å². The number of rotatable bonds is 4. The number of hydrogen-bond donors (Lipinski definition) is 1. The van der Waals surface area contributed by atoms with Gasteiger partial charge in [-0.1, -0.05) is 12.1 Å². The SMILES string of the molecule is NC(=O)OSc1ccc(Cn2ccnc2)cc1. The summed E-state index contributed by atoms with van der Waals surface area (Å²) in [6.45, 7) is 0.765. The number of primary amides is 1. The molecule has 0 fully saturated rings. The molecule has 0 atom stereocenters. The third-order valence-electron chi connectivity index (χ3n) is 2.07. The fraction of sp³-hybridized carbons (Fsp3) is 0.0909. The molecule has 0 saturated carbocycles. The summed E-state index contributed by atoms with van der Waals surface area (Å²) >= 11 is 0.952. The Hall–Kier alpha value is -1.95. The second-order valence-corrected chi connectivity index (χ2v) is 4.17. The van der Waals surface area contributed by atoms with Gasteiger partial charge in [-0.05, 0) is 17.7 Å². The Labute approximate surface area is 103 Å². The van der Waals surface area contributed by atoms with Crippen LogP contribution in [0.25, 0.3) is 0 Å². The van der Waals surface area contributed by atoms with E-state index in [1.807, 2.05) is 35.0 Å². The molecule has 6 heteroatoms. The molecule has 0 aliphatic rings. The van der Waals surface area contributed by atoms with Gasteiger partial charge in [0.1, 0.15) is 0 Å². The van der Waals surface area contributed by atoms with E-state index in [2.05, 4.69) is 9.17 Å². The third kappa shape index (κ3) is 3.53. The van der Waals surface area contributed by atoms with Gasteiger partial charge in [0.2, 0.25) is 0 Å². The van der Waals surface area contributed by atoms with E-state index >= 15 is 0 Å². The van der Waals surface area contributed by atoms with Gasteiger partial charge in [-0.25, -0.2) is 9.78 Å². The largest absolute Gasteiger partial charge is 0.417 e. The van der Waals surface area contributed by atoms with Gasteiger partial charge in [0.15, 0.2) is 0 Å². The number of imidazole rings is 1. The Bertz CT molecular complexity index is 482. The minimum Gasteiger partial charge on any atom is -0.370 e. The highest BCUT2D eigenvalue weighted by Crippen LogP contribution is 2.19. The first-order valence-corrected chi connectivity index (χ1v) is 5.67. The van der Waals surface area contributed by atoms with E-state index in [4.69, 9.17) is 5.73 Å². The Kier molecular flexibility index (Phi) is 3.66. The zero-order chi connectivity index (χ0) is 12.1. The van der Waals surface area contributed by atoms with Gasteiger partial charge in [-0.2, -0.15) is 0 Å². The van der Waals surface area contributed by atoms with E-state index in [9.17, 15) is 4.79 Å². The monoisotopic (exact) mass is 249 g/mol. The summed E-state index contributed by atoms with van der Waals surface area (Å²) in [4.78, 5) is 15.2. The number of amides is 1. The Morgan fingerprint density at radius 3 is 2.76 bits per heavy atom. The normalized spacial score (nSPS) is 10.1. The lowest BCUT2D eigenvalue weighted by Gasteiger charge is -2.03. The van der Waals surface area contributed by atoms with E-state index in [1.165, 1.54) is 0 Å². The average molecular weight is 249 g/mol. The van der Waals surface area contributed by atoms with Crippen LogP contribution in [0.2, 0.25) is 0 Å². The topological polar surface area (TPSA) is 70.1 Å². The van der Waals surface area contributed by atoms with E-state index < -0.39 is 6.09 Å². The molecule has 0 spiro atoms. The summed E-state index contributed by atoms with van der Waals surface area (Å²) in [5.74, 6) is 0. The highest BCUT2D eigenvalue weighted by atomic mass is 32.2. The van der Waals surface area contributed by atoms with Gasteiger partial charge in [0.25, 0.3) is 0 Å². The molecular weight excluding hydrogens is 238 g/mol. The third-order valence-corrected chi connectivity index (χ3v) is 2.78. The maximum absolute atomic E-state index is 10.4. The number of aromatic nitrogens is 2. The molecule has 0 aliphatic carbocycles. The van der Waals surface area contributed by atoms with Gasteiger partial charge in [0, 0.05) is 23.8 Å². The van der Waals surface area contributed by atoms with Crippen LogP contribution in [-0.4, -0.2) is 15.6 Å². The molecule has 2 N–H and O–H groups in total. The minimum absolute atomic E-state index is 0.765. The fourth-order valence-corrected chi connectivity index (χ4v) is 1.76. The first-order valence-electron chi connectivity index (χ1n) is 4.92. The average Bonchev–Trinajstić information content (AvgIpc) is 2.81. The Morgan fingerprint density at radius 2 is 2.18 bits per heavy atom. The molecule has 1 amide bonds. The predicted octanol–water partition coefficient (Wildman–Crippen LogP) is 2.03. The molecule has 0 saturated heterocycles. The van der Waals surface area contributed by atoms with Crippen LogP contribution < -0.4 is 5.73 Å². The van der Waals surface area contributed by atoms with Crippen molar-refractivity contribution in [3.05, 3.63) is 48.5 Å². The maximum Gasteiger partial charge on any atom is 0.417 e. The standard InChI is InChI=1S/C11H11N3O2S/c12-11(15)16-17-10-3-1-9(2-4-10)7-14-6-5-13-8-14/h1-6,8H,7H2,(H2,12,15). The van der Waals surface area contributed by atoms with Crippen LogP contribution >= 0.6 is 12.0 Å². The van der Waals surface area contributed by atoms with Crippen LogP contribution in [0, 0.1) is 0 Å². The first kappa shape index (κ1) is 11.5. The van der Waals surface area contributed by atoms with Crippen LogP contribution in [0.4, 0.5) is 4.79 Å². The number of nitrogens with two attached hydrogens (primary N) is 1. The summed E-state index contributed by atoms with van der Waals surface area (Å²) in [6.07, 6.45) is 4.61. The van der Waals surface area contributed by atoms with E-state index in [0.29, 0.717) is 0 Å². The van der Waals surface area contributed by atoms with Crippen LogP contribution in [0.1, 0.15) is 5.56 Å². The van der Waals surface area contributed by atoms with Crippen molar-refractivity contribution in [2.75, 3.05) is 0 Å². The molecule has 88 valence electrons. The summed E-state index contributed by atoms with van der Waals surface area (Å²) in [7, 11) is 0. The van der Waals surface area contributed by atoms with Crippen molar-refractivity contribution < 1.29 is 8.98 Å². The second kappa shape index (κ2) is 5.40. The van der Waals surface area contributed by atoms with Crippen molar-refractivity contribution in [2.45, 2.75) is 11.4 Å². The van der Waals surface area contributed by atoms with Crippen LogP contribution in [0.3, 0.4) is 0 Å². The molecule has 1 aromatic carbocycles. The minimum atomic E-state index is -0.794. The van der Waals surface area contributed by atoms with E-state index in [1.54, 1.807) is 12.5 Å². The highest BCUT2D eigenvalue weighted by Gasteiger charge is 2.00. The van der Waals surface area contributed by atoms with Crippen LogP contribution in [-0.2, 0) is 10.7 Å². The molecule has 0 radical (unpaired) electrons. The molecule has 1 heterocycles. The van der Waals surface area contributed by atoms with Gasteiger partial charge in [0.05, 0.1) is 18.4 Å². The lowest BCUT2D eigenvalue weighted by Crippen LogP contribution is -2.08. The highest BCUT2D eigenvalue weighted by molar-refractivity contribution is 7.95. The Morgan fingerprint density at radius 1 is 1.41 bits per heavy atom. The van der Waals surface area contributed by atoms with E-state index in [0.717, 1.165) is 29.0 Å².